The second kappa shape index (κ2) is 9.72. The number of halogens is 3. The molecule has 0 bridgehead atoms. The Bertz CT molecular complexity index is 908. The van der Waals surface area contributed by atoms with Gasteiger partial charge in [-0.15, -0.1) is 0 Å². The summed E-state index contributed by atoms with van der Waals surface area (Å²) in [6, 6.07) is 14.6. The molecule has 1 aliphatic heterocycles. The lowest BCUT2D eigenvalue weighted by Gasteiger charge is -2.30. The number of aryl methyl sites for hydroxylation is 1. The third kappa shape index (κ3) is 6.63. The lowest BCUT2D eigenvalue weighted by atomic mass is 9.96. The second-order valence-corrected chi connectivity index (χ2v) is 7.33. The molecule has 1 N–H and O–H groups in total. The molecular formula is C22H23F3N2O4. The zero-order valence-electron chi connectivity index (χ0n) is 16.9. The lowest BCUT2D eigenvalue weighted by molar-refractivity contribution is -0.162. The Labute approximate surface area is 177 Å². The number of carbonyl (C=O) groups is 2. The van der Waals surface area contributed by atoms with Crippen LogP contribution in [0.1, 0.15) is 18.4 Å². The van der Waals surface area contributed by atoms with E-state index in [1.165, 1.54) is 4.90 Å². The van der Waals surface area contributed by atoms with E-state index in [0.717, 1.165) is 5.56 Å². The molecule has 6 nitrogen and oxygen atoms in total. The molecule has 0 saturated carbocycles. The van der Waals surface area contributed by atoms with E-state index in [-0.39, 0.29) is 24.9 Å². The molecule has 1 saturated heterocycles. The van der Waals surface area contributed by atoms with Crippen LogP contribution < -0.4 is 10.1 Å². The molecule has 1 aliphatic rings. The highest BCUT2D eigenvalue weighted by Crippen LogP contribution is 2.30. The summed E-state index contributed by atoms with van der Waals surface area (Å²) in [5, 5.41) is 2.85. The number of piperidine rings is 1. The van der Waals surface area contributed by atoms with E-state index in [0.29, 0.717) is 30.0 Å². The maximum Gasteiger partial charge on any atom is 0.422 e. The largest absolute Gasteiger partial charge is 0.455 e. The Kier molecular flexibility index (Phi) is 7.04. The Morgan fingerprint density at radius 2 is 1.71 bits per heavy atom. The van der Waals surface area contributed by atoms with Gasteiger partial charge in [-0.3, -0.25) is 4.79 Å². The van der Waals surface area contributed by atoms with Gasteiger partial charge >= 0.3 is 12.3 Å². The van der Waals surface area contributed by atoms with Gasteiger partial charge < -0.3 is 19.7 Å². The van der Waals surface area contributed by atoms with Crippen molar-refractivity contribution in [3.63, 3.8) is 0 Å². The van der Waals surface area contributed by atoms with E-state index in [2.05, 4.69) is 10.1 Å². The van der Waals surface area contributed by atoms with Gasteiger partial charge in [0.1, 0.15) is 5.75 Å². The number of para-hydroxylation sites is 2. The van der Waals surface area contributed by atoms with Gasteiger partial charge in [0.05, 0.1) is 5.69 Å². The number of likely N-dealkylation sites (tertiary alicyclic amines) is 1. The number of nitrogens with one attached hydrogen (secondary N) is 1. The van der Waals surface area contributed by atoms with Crippen molar-refractivity contribution in [2.75, 3.05) is 25.0 Å². The number of hydrogen-bond donors (Lipinski definition) is 1. The van der Waals surface area contributed by atoms with Crippen LogP contribution in [0.15, 0.2) is 48.5 Å². The summed E-state index contributed by atoms with van der Waals surface area (Å²) in [5.41, 5.74) is 1.61. The van der Waals surface area contributed by atoms with Crippen molar-refractivity contribution >= 4 is 17.7 Å². The van der Waals surface area contributed by atoms with E-state index >= 15 is 0 Å². The molecule has 3 rings (SSSR count). The molecule has 9 heteroatoms. The molecule has 0 spiro atoms. The van der Waals surface area contributed by atoms with Gasteiger partial charge in [-0.2, -0.15) is 13.2 Å². The van der Waals surface area contributed by atoms with Crippen LogP contribution in [0.3, 0.4) is 0 Å². The summed E-state index contributed by atoms with van der Waals surface area (Å²) >= 11 is 0. The Morgan fingerprint density at radius 1 is 1.06 bits per heavy atom. The first-order chi connectivity index (χ1) is 14.7. The number of hydrogen-bond acceptors (Lipinski definition) is 4. The topological polar surface area (TPSA) is 67.9 Å². The van der Waals surface area contributed by atoms with Crippen LogP contribution in [0.4, 0.5) is 23.7 Å². The van der Waals surface area contributed by atoms with Crippen molar-refractivity contribution in [3.05, 3.63) is 54.1 Å². The SMILES string of the molecule is Cc1ccc(Oc2ccccc2NC(=O)C2CCN(C(=O)OCC(F)(F)F)CC2)cc1. The Hall–Kier alpha value is -3.23. The minimum absolute atomic E-state index is 0.149. The molecule has 1 heterocycles. The summed E-state index contributed by atoms with van der Waals surface area (Å²) in [4.78, 5) is 25.6. The number of rotatable bonds is 5. The number of nitrogens with zero attached hydrogens (tertiary/aromatic N) is 1. The normalized spacial score (nSPS) is 14.8. The first kappa shape index (κ1) is 22.5. The number of alkyl halides is 3. The molecule has 31 heavy (non-hydrogen) atoms. The highest BCUT2D eigenvalue weighted by molar-refractivity contribution is 5.94. The van der Waals surface area contributed by atoms with Crippen LogP contribution in [0.5, 0.6) is 11.5 Å². The number of amides is 2. The van der Waals surface area contributed by atoms with Gasteiger partial charge in [-0.05, 0) is 44.0 Å². The van der Waals surface area contributed by atoms with Gasteiger partial charge in [0, 0.05) is 19.0 Å². The van der Waals surface area contributed by atoms with E-state index in [4.69, 9.17) is 4.74 Å². The number of benzene rings is 2. The predicted molar refractivity (Wildman–Crippen MR) is 108 cm³/mol. The molecule has 166 valence electrons. The average molecular weight is 436 g/mol. The lowest BCUT2D eigenvalue weighted by Crippen LogP contribution is -2.42. The maximum absolute atomic E-state index is 12.7. The van der Waals surface area contributed by atoms with Crippen molar-refractivity contribution in [1.82, 2.24) is 4.90 Å². The predicted octanol–water partition coefficient (Wildman–Crippen LogP) is 5.14. The van der Waals surface area contributed by atoms with Crippen molar-refractivity contribution in [2.24, 2.45) is 5.92 Å². The Balaban J connectivity index is 1.54. The summed E-state index contributed by atoms with van der Waals surface area (Å²) in [5.74, 6) is 0.521. The van der Waals surface area contributed by atoms with Gasteiger partial charge in [-0.25, -0.2) is 4.79 Å². The number of anilines is 1. The fourth-order valence-corrected chi connectivity index (χ4v) is 3.19. The fourth-order valence-electron chi connectivity index (χ4n) is 3.19. The van der Waals surface area contributed by atoms with Crippen LogP contribution in [0, 0.1) is 12.8 Å². The third-order valence-electron chi connectivity index (χ3n) is 4.88. The van der Waals surface area contributed by atoms with Crippen LogP contribution in [-0.4, -0.2) is 42.8 Å². The van der Waals surface area contributed by atoms with E-state index in [9.17, 15) is 22.8 Å². The molecule has 0 unspecified atom stereocenters. The monoisotopic (exact) mass is 436 g/mol. The van der Waals surface area contributed by atoms with Crippen molar-refractivity contribution in [1.29, 1.82) is 0 Å². The number of carbonyl (C=O) groups excluding carboxylic acids is 2. The summed E-state index contributed by atoms with van der Waals surface area (Å²) in [6.07, 6.45) is -4.93. The van der Waals surface area contributed by atoms with Crippen LogP contribution in [0.2, 0.25) is 0 Å². The van der Waals surface area contributed by atoms with Gasteiger partial charge in [0.2, 0.25) is 5.91 Å². The van der Waals surface area contributed by atoms with E-state index < -0.39 is 18.9 Å². The molecule has 0 atom stereocenters. The standard InChI is InChI=1S/C22H23F3N2O4/c1-15-6-8-17(9-7-15)31-19-5-3-2-4-18(19)26-20(28)16-10-12-27(13-11-16)21(29)30-14-22(23,24)25/h2-9,16H,10-14H2,1H3,(H,26,28). The maximum atomic E-state index is 12.7. The quantitative estimate of drug-likeness (QED) is 0.705. The highest BCUT2D eigenvalue weighted by Gasteiger charge is 2.33. The zero-order chi connectivity index (χ0) is 22.4. The van der Waals surface area contributed by atoms with Gasteiger partial charge in [0.15, 0.2) is 12.4 Å². The van der Waals surface area contributed by atoms with Crippen LogP contribution in [-0.2, 0) is 9.53 Å². The molecule has 2 aromatic carbocycles. The first-order valence-corrected chi connectivity index (χ1v) is 9.84. The smallest absolute Gasteiger partial charge is 0.422 e. The first-order valence-electron chi connectivity index (χ1n) is 9.84. The molecule has 0 radical (unpaired) electrons. The van der Waals surface area contributed by atoms with E-state index in [1.807, 2.05) is 31.2 Å². The Morgan fingerprint density at radius 3 is 2.35 bits per heavy atom. The van der Waals surface area contributed by atoms with Crippen LogP contribution >= 0.6 is 0 Å². The minimum atomic E-state index is -4.57. The van der Waals surface area contributed by atoms with Crippen molar-refractivity contribution in [2.45, 2.75) is 25.9 Å². The van der Waals surface area contributed by atoms with E-state index in [1.54, 1.807) is 24.3 Å². The summed E-state index contributed by atoms with van der Waals surface area (Å²) in [7, 11) is 0. The minimum Gasteiger partial charge on any atom is -0.455 e. The fraction of sp³-hybridized carbons (Fsp3) is 0.364. The second-order valence-electron chi connectivity index (χ2n) is 7.33. The molecule has 0 aliphatic carbocycles. The summed E-state index contributed by atoms with van der Waals surface area (Å²) in [6.45, 7) is 0.649. The average Bonchev–Trinajstić information content (AvgIpc) is 2.74. The van der Waals surface area contributed by atoms with Crippen LogP contribution in [0.25, 0.3) is 0 Å². The van der Waals surface area contributed by atoms with Gasteiger partial charge in [-0.1, -0.05) is 29.8 Å². The zero-order valence-corrected chi connectivity index (χ0v) is 16.9. The van der Waals surface area contributed by atoms with Gasteiger partial charge in [0.25, 0.3) is 0 Å². The molecule has 1 fully saturated rings. The van der Waals surface area contributed by atoms with Crippen molar-refractivity contribution in [3.8, 4) is 11.5 Å². The summed E-state index contributed by atoms with van der Waals surface area (Å²) < 4.78 is 46.7. The molecule has 2 amide bonds. The molecular weight excluding hydrogens is 413 g/mol. The number of ether oxygens (including phenoxy) is 2. The van der Waals surface area contributed by atoms with Crippen molar-refractivity contribution < 1.29 is 32.2 Å². The highest BCUT2D eigenvalue weighted by atomic mass is 19.4. The molecule has 2 aromatic rings. The molecule has 0 aromatic heterocycles. The third-order valence-corrected chi connectivity index (χ3v) is 4.88.